The van der Waals surface area contributed by atoms with Gasteiger partial charge in [0.2, 0.25) is 18.2 Å². The predicted octanol–water partition coefficient (Wildman–Crippen LogP) is 10.3. The fraction of sp³-hybridized carbons (Fsp3) is 0.492. The smallest absolute Gasteiger partial charge is 0.446 e. The Labute approximate surface area is 525 Å². The second kappa shape index (κ2) is 26.3. The summed E-state index contributed by atoms with van der Waals surface area (Å²) in [5, 5.41) is 23.7. The zero-order valence-corrected chi connectivity index (χ0v) is 51.9. The van der Waals surface area contributed by atoms with Crippen LogP contribution < -0.4 is 39.8 Å². The molecule has 9 aromatic rings. The fourth-order valence-electron chi connectivity index (χ4n) is 13.2. The summed E-state index contributed by atoms with van der Waals surface area (Å²) in [5.41, 5.74) is 11.3. The number of hydrogen-bond donors (Lipinski definition) is 2. The van der Waals surface area contributed by atoms with Crippen molar-refractivity contribution in [3.8, 4) is 23.0 Å². The van der Waals surface area contributed by atoms with Gasteiger partial charge in [-0.3, -0.25) is 19.0 Å². The normalized spacial score (nSPS) is 20.5. The van der Waals surface area contributed by atoms with Crippen molar-refractivity contribution in [2.75, 3.05) is 75.6 Å². The highest BCUT2D eigenvalue weighted by Crippen LogP contribution is 2.42. The molecular formula is C63H73F5N16O8. The van der Waals surface area contributed by atoms with Crippen molar-refractivity contribution >= 4 is 68.4 Å². The molecule has 1 spiro atoms. The zero-order valence-electron chi connectivity index (χ0n) is 51.9. The number of rotatable bonds is 13. The quantitative estimate of drug-likeness (QED) is 0.0803. The molecule has 0 amide bonds. The number of carbonyl (C=O) groups is 2. The minimum absolute atomic E-state index is 0.0494. The number of nitrogens with two attached hydrogens (primary N) is 1. The minimum Gasteiger partial charge on any atom is -0.497 e. The number of fused-ring (bicyclic) bond motifs is 6. The molecule has 5 aliphatic rings. The van der Waals surface area contributed by atoms with Crippen LogP contribution in [0.2, 0.25) is 0 Å². The molecule has 3 saturated heterocycles. The fourth-order valence-corrected chi connectivity index (χ4v) is 13.2. The van der Waals surface area contributed by atoms with Gasteiger partial charge in [0.15, 0.2) is 51.9 Å². The maximum atomic E-state index is 15.0. The summed E-state index contributed by atoms with van der Waals surface area (Å²) in [4.78, 5) is 44.2. The molecule has 3 aromatic carbocycles. The monoisotopic (exact) mass is 1280 g/mol. The van der Waals surface area contributed by atoms with E-state index in [0.29, 0.717) is 119 Å². The molecular weight excluding hydrogens is 1200 g/mol. The number of nitrogens with one attached hydrogen (secondary N) is 1. The van der Waals surface area contributed by atoms with Gasteiger partial charge in [-0.15, -0.1) is 10.2 Å². The number of nitrogen functional groups attached to an aromatic ring is 1. The number of anilines is 4. The topological polar surface area (TPSA) is 256 Å². The first kappa shape index (κ1) is 63.2. The van der Waals surface area contributed by atoms with Gasteiger partial charge in [0.05, 0.1) is 88.5 Å². The molecule has 24 nitrogen and oxygen atoms in total. The molecule has 3 aliphatic heterocycles. The number of ether oxygens (including phenoxy) is 6. The van der Waals surface area contributed by atoms with Crippen LogP contribution >= 0.6 is 0 Å². The van der Waals surface area contributed by atoms with Crippen molar-refractivity contribution in [1.82, 2.24) is 58.7 Å². The zero-order chi connectivity index (χ0) is 64.6. The number of ketones is 1. The highest BCUT2D eigenvalue weighted by Gasteiger charge is 2.41. The van der Waals surface area contributed by atoms with Crippen LogP contribution in [0.1, 0.15) is 132 Å². The van der Waals surface area contributed by atoms with Crippen molar-refractivity contribution in [2.45, 2.75) is 145 Å². The first-order chi connectivity index (χ1) is 44.3. The first-order valence-corrected chi connectivity index (χ1v) is 30.9. The van der Waals surface area contributed by atoms with Crippen LogP contribution in [-0.4, -0.2) is 150 Å². The van der Waals surface area contributed by atoms with Gasteiger partial charge in [-0.2, -0.15) is 32.4 Å². The second-order valence-corrected chi connectivity index (χ2v) is 24.0. The highest BCUT2D eigenvalue weighted by atomic mass is 19.4. The Balaban J connectivity index is 0.000000170. The number of nitrogens with zero attached hydrogens (tertiary/aromatic N) is 14. The van der Waals surface area contributed by atoms with Gasteiger partial charge in [-0.1, -0.05) is 0 Å². The van der Waals surface area contributed by atoms with Crippen molar-refractivity contribution in [2.24, 2.45) is 0 Å². The van der Waals surface area contributed by atoms with Gasteiger partial charge < -0.3 is 49.3 Å². The number of halogens is 5. The van der Waals surface area contributed by atoms with E-state index in [1.807, 2.05) is 35.3 Å². The lowest BCUT2D eigenvalue weighted by Gasteiger charge is -2.38. The number of aromatic nitrogens is 12. The van der Waals surface area contributed by atoms with E-state index in [4.69, 9.17) is 64.1 Å². The number of alkyl halides is 3. The SMILES string of the molecule is COc1cc2nc(N)n3nc(C4CCC(C)N(c5cnn(C6CCC(=O)CC6)c5)C4)nc3c2cc1F.COc1ccc(CNc2nc3cc(OC)c(F)cc3c3nc(C4CCC(C)N(c5cnn(C6CCC7(CC6)OCCO7)c5)C4)nn23)c(OC)c1.O=CC(F)(F)F. The molecule has 3 N–H and O–H groups in total. The van der Waals surface area contributed by atoms with Gasteiger partial charge in [0.1, 0.15) is 17.3 Å². The average molecular weight is 1280 g/mol. The van der Waals surface area contributed by atoms with Crippen LogP contribution in [0.4, 0.5) is 45.2 Å². The maximum Gasteiger partial charge on any atom is 0.446 e. The van der Waals surface area contributed by atoms with E-state index in [1.54, 1.807) is 24.8 Å². The summed E-state index contributed by atoms with van der Waals surface area (Å²) in [5.74, 6) is 2.74. The van der Waals surface area contributed by atoms with Gasteiger partial charge in [0, 0.05) is 116 Å². The van der Waals surface area contributed by atoms with Crippen LogP contribution in [-0.2, 0) is 25.6 Å². The molecule has 4 unspecified atom stereocenters. The summed E-state index contributed by atoms with van der Waals surface area (Å²) in [6.07, 6.45) is 12.9. The number of hydrogen-bond acceptors (Lipinski definition) is 20. The lowest BCUT2D eigenvalue weighted by Crippen LogP contribution is -2.41. The van der Waals surface area contributed by atoms with Crippen LogP contribution in [0.3, 0.4) is 0 Å². The molecule has 0 bridgehead atoms. The standard InChI is InChI=1S/C36H43FN8O5.C25H29FN8O2.C2HF3O/c1-22-5-6-24(20-43(22)26-19-39-44(21-26)25-9-11-36(12-10-25)49-13-14-50-36)33-41-34-28-16-29(37)32(48-4)17-30(28)40-35(45(34)42-33)38-18-23-7-8-27(46-2)15-31(23)47-3;1-14-3-4-15(12-32(14)17-11-28-33(13-17)16-5-7-18(35)8-6-16)23-30-24-19-9-20(26)22(36-2)10-21(19)29-25(27)34(24)31-23;3-2(4,5)1-6/h7-8,15-17,19,21-22,24-25H,5-6,9-14,18,20H2,1-4H3,(H,38,40);9-11,13-16H,3-8,12H2,1-2H3,(H2,27,29);1H. The lowest BCUT2D eigenvalue weighted by molar-refractivity contribution is -0.181. The number of benzene rings is 3. The third kappa shape index (κ3) is 13.1. The Morgan fingerprint density at radius 2 is 1.17 bits per heavy atom. The Kier molecular flexibility index (Phi) is 18.1. The summed E-state index contributed by atoms with van der Waals surface area (Å²) in [7, 11) is 6.10. The highest BCUT2D eigenvalue weighted by molar-refractivity contribution is 5.94. The molecule has 2 aliphatic carbocycles. The number of piperidine rings is 2. The molecule has 2 saturated carbocycles. The van der Waals surface area contributed by atoms with Crippen molar-refractivity contribution < 1.29 is 60.0 Å². The molecule has 488 valence electrons. The van der Waals surface area contributed by atoms with Crippen LogP contribution in [0, 0.1) is 11.6 Å². The van der Waals surface area contributed by atoms with E-state index in [9.17, 15) is 22.4 Å². The van der Waals surface area contributed by atoms with E-state index < -0.39 is 29.9 Å². The van der Waals surface area contributed by atoms with E-state index in [2.05, 4.69) is 61.2 Å². The lowest BCUT2D eigenvalue weighted by atomic mass is 9.90. The molecule has 29 heteroatoms. The maximum absolute atomic E-state index is 15.0. The van der Waals surface area contributed by atoms with E-state index in [0.717, 1.165) is 94.2 Å². The van der Waals surface area contributed by atoms with Crippen LogP contribution in [0.15, 0.2) is 67.3 Å². The average Bonchev–Trinajstić information content (AvgIpc) is 1.54. The molecule has 0 radical (unpaired) electrons. The van der Waals surface area contributed by atoms with Crippen LogP contribution in [0.25, 0.3) is 33.1 Å². The Morgan fingerprint density at radius 1 is 0.663 bits per heavy atom. The van der Waals surface area contributed by atoms with Gasteiger partial charge in [0.25, 0.3) is 0 Å². The third-order valence-electron chi connectivity index (χ3n) is 18.3. The second-order valence-electron chi connectivity index (χ2n) is 24.0. The molecule has 4 atom stereocenters. The number of methoxy groups -OCH3 is 4. The third-order valence-corrected chi connectivity index (χ3v) is 18.3. The Hall–Kier alpha value is -8.99. The minimum atomic E-state index is -4.64. The molecule has 9 heterocycles. The van der Waals surface area contributed by atoms with Crippen LogP contribution in [0.5, 0.6) is 23.0 Å². The molecule has 92 heavy (non-hydrogen) atoms. The molecule has 14 rings (SSSR count). The molecule has 5 fully saturated rings. The number of aldehydes is 1. The van der Waals surface area contributed by atoms with E-state index in [-0.39, 0.29) is 35.3 Å². The van der Waals surface area contributed by atoms with Gasteiger partial charge in [-0.25, -0.2) is 28.7 Å². The number of carbonyl (C=O) groups excluding carboxylic acids is 2. The van der Waals surface area contributed by atoms with Gasteiger partial charge in [-0.05, 0) is 89.5 Å². The van der Waals surface area contributed by atoms with Crippen molar-refractivity contribution in [3.63, 3.8) is 0 Å². The summed E-state index contributed by atoms with van der Waals surface area (Å²) in [6.45, 7) is 7.71. The van der Waals surface area contributed by atoms with E-state index >= 15 is 4.39 Å². The Morgan fingerprint density at radius 3 is 1.70 bits per heavy atom. The predicted molar refractivity (Wildman–Crippen MR) is 330 cm³/mol. The number of Topliss-reactive ketones (excluding diaryl/α,β-unsaturated/α-hetero) is 1. The first-order valence-electron chi connectivity index (χ1n) is 30.9. The van der Waals surface area contributed by atoms with Crippen molar-refractivity contribution in [1.29, 1.82) is 0 Å². The summed E-state index contributed by atoms with van der Waals surface area (Å²) >= 11 is 0. The molecule has 6 aromatic heterocycles. The van der Waals surface area contributed by atoms with E-state index in [1.165, 1.54) is 36.9 Å². The summed E-state index contributed by atoms with van der Waals surface area (Å²) < 4.78 is 101. The largest absolute Gasteiger partial charge is 0.497 e. The van der Waals surface area contributed by atoms with Gasteiger partial charge >= 0.3 is 6.18 Å². The van der Waals surface area contributed by atoms with Crippen molar-refractivity contribution in [3.05, 3.63) is 96.1 Å². The summed E-state index contributed by atoms with van der Waals surface area (Å²) in [6, 6.07) is 12.9. The Bertz CT molecular complexity index is 4130.